The molecule has 1 aliphatic rings. The minimum absolute atomic E-state index is 0.350. The standard InChI is InChI=1S/C6H10NO3/c1-10-6(9)4-2-3-5(8)7-4/h4-5,8H,2-3H2,1H3. The van der Waals surface area contributed by atoms with Gasteiger partial charge in [-0.15, -0.1) is 0 Å². The molecule has 0 amide bonds. The number of carbonyl (C=O) groups excluding carboxylic acids is 1. The largest absolute Gasteiger partial charge is 0.468 e. The lowest BCUT2D eigenvalue weighted by molar-refractivity contribution is -0.143. The average Bonchev–Trinajstić information content (AvgIpc) is 2.34. The number of ether oxygens (including phenoxy) is 1. The minimum Gasteiger partial charge on any atom is -0.468 e. The second kappa shape index (κ2) is 2.98. The highest BCUT2D eigenvalue weighted by Crippen LogP contribution is 2.12. The quantitative estimate of drug-likeness (QED) is 0.492. The smallest absolute Gasteiger partial charge is 0.324 e. The SMILES string of the molecule is COC(=O)C1CCC(O)[N]1. The zero-order chi connectivity index (χ0) is 7.56. The van der Waals surface area contributed by atoms with E-state index >= 15 is 0 Å². The Bertz CT molecular complexity index is 137. The average molecular weight is 144 g/mol. The first-order valence-electron chi connectivity index (χ1n) is 3.20. The second-order valence-electron chi connectivity index (χ2n) is 2.25. The van der Waals surface area contributed by atoms with Crippen molar-refractivity contribution >= 4 is 5.97 Å². The highest BCUT2D eigenvalue weighted by atomic mass is 16.5. The predicted molar refractivity (Wildman–Crippen MR) is 33.2 cm³/mol. The Hall–Kier alpha value is -0.610. The fourth-order valence-corrected chi connectivity index (χ4v) is 0.978. The minimum atomic E-state index is -0.663. The number of rotatable bonds is 1. The van der Waals surface area contributed by atoms with Crippen LogP contribution in [0.5, 0.6) is 0 Å². The number of esters is 1. The summed E-state index contributed by atoms with van der Waals surface area (Å²) in [5.74, 6) is -0.350. The number of nitrogens with zero attached hydrogens (tertiary/aromatic N) is 1. The zero-order valence-corrected chi connectivity index (χ0v) is 5.78. The zero-order valence-electron chi connectivity index (χ0n) is 5.78. The number of carbonyl (C=O) groups is 1. The van der Waals surface area contributed by atoms with E-state index in [4.69, 9.17) is 5.11 Å². The van der Waals surface area contributed by atoms with Crippen LogP contribution in [-0.2, 0) is 9.53 Å². The van der Waals surface area contributed by atoms with Crippen LogP contribution in [0.1, 0.15) is 12.8 Å². The third kappa shape index (κ3) is 1.46. The first kappa shape index (κ1) is 7.50. The molecule has 2 unspecified atom stereocenters. The van der Waals surface area contributed by atoms with Gasteiger partial charge in [-0.1, -0.05) is 0 Å². The molecule has 0 aromatic heterocycles. The van der Waals surface area contributed by atoms with E-state index in [1.54, 1.807) is 0 Å². The van der Waals surface area contributed by atoms with E-state index in [0.717, 1.165) is 0 Å². The molecule has 0 aromatic rings. The highest BCUT2D eigenvalue weighted by molar-refractivity contribution is 5.75. The van der Waals surface area contributed by atoms with Gasteiger partial charge < -0.3 is 9.84 Å². The Morgan fingerprint density at radius 2 is 2.40 bits per heavy atom. The molecule has 0 aromatic carbocycles. The van der Waals surface area contributed by atoms with Gasteiger partial charge in [-0.2, -0.15) is 5.32 Å². The van der Waals surface area contributed by atoms with Crippen LogP contribution in [0.4, 0.5) is 0 Å². The van der Waals surface area contributed by atoms with Crippen molar-refractivity contribution in [3.05, 3.63) is 0 Å². The van der Waals surface area contributed by atoms with Crippen LogP contribution in [0.2, 0.25) is 0 Å². The molecule has 1 fully saturated rings. The Kier molecular flexibility index (Phi) is 2.24. The lowest BCUT2D eigenvalue weighted by atomic mass is 10.2. The van der Waals surface area contributed by atoms with Gasteiger partial charge in [0.15, 0.2) is 0 Å². The Morgan fingerprint density at radius 1 is 1.70 bits per heavy atom. The van der Waals surface area contributed by atoms with Crippen LogP contribution in [0, 0.1) is 0 Å². The lowest BCUT2D eigenvalue weighted by Crippen LogP contribution is -2.29. The fraction of sp³-hybridized carbons (Fsp3) is 0.833. The molecule has 1 rings (SSSR count). The summed E-state index contributed by atoms with van der Waals surface area (Å²) in [6, 6.07) is -0.431. The van der Waals surface area contributed by atoms with Crippen LogP contribution >= 0.6 is 0 Å². The third-order valence-corrected chi connectivity index (χ3v) is 1.52. The second-order valence-corrected chi connectivity index (χ2v) is 2.25. The van der Waals surface area contributed by atoms with E-state index < -0.39 is 12.3 Å². The van der Waals surface area contributed by atoms with Crippen molar-refractivity contribution < 1.29 is 14.6 Å². The molecule has 10 heavy (non-hydrogen) atoms. The Labute approximate surface area is 59.2 Å². The van der Waals surface area contributed by atoms with E-state index in [-0.39, 0.29) is 5.97 Å². The van der Waals surface area contributed by atoms with Crippen molar-refractivity contribution in [3.8, 4) is 0 Å². The van der Waals surface area contributed by atoms with Gasteiger partial charge in [-0.05, 0) is 12.8 Å². The van der Waals surface area contributed by atoms with Crippen molar-refractivity contribution in [3.63, 3.8) is 0 Å². The fourth-order valence-electron chi connectivity index (χ4n) is 0.978. The monoisotopic (exact) mass is 144 g/mol. The molecule has 1 N–H and O–H groups in total. The van der Waals surface area contributed by atoms with Gasteiger partial charge in [0, 0.05) is 0 Å². The third-order valence-electron chi connectivity index (χ3n) is 1.52. The molecule has 57 valence electrons. The molecule has 1 heterocycles. The van der Waals surface area contributed by atoms with Crippen molar-refractivity contribution in [1.29, 1.82) is 0 Å². The first-order chi connectivity index (χ1) is 4.74. The van der Waals surface area contributed by atoms with Crippen molar-refractivity contribution in [2.45, 2.75) is 25.1 Å². The number of hydrogen-bond acceptors (Lipinski definition) is 3. The van der Waals surface area contributed by atoms with E-state index in [1.807, 2.05) is 0 Å². The summed E-state index contributed by atoms with van der Waals surface area (Å²) in [6.07, 6.45) is 0.511. The summed E-state index contributed by atoms with van der Waals surface area (Å²) in [6.45, 7) is 0. The summed E-state index contributed by atoms with van der Waals surface area (Å²) in [5, 5.41) is 12.6. The summed E-state index contributed by atoms with van der Waals surface area (Å²) in [7, 11) is 1.32. The van der Waals surface area contributed by atoms with Crippen molar-refractivity contribution in [2.24, 2.45) is 0 Å². The molecule has 0 bridgehead atoms. The predicted octanol–water partition coefficient (Wildman–Crippen LogP) is -0.755. The van der Waals surface area contributed by atoms with Crippen LogP contribution in [0.25, 0.3) is 0 Å². The van der Waals surface area contributed by atoms with E-state index in [2.05, 4.69) is 10.1 Å². The summed E-state index contributed by atoms with van der Waals surface area (Å²) < 4.78 is 4.44. The van der Waals surface area contributed by atoms with E-state index in [0.29, 0.717) is 12.8 Å². The van der Waals surface area contributed by atoms with E-state index in [9.17, 15) is 4.79 Å². The molecule has 1 radical (unpaired) electrons. The summed E-state index contributed by atoms with van der Waals surface area (Å²) in [4.78, 5) is 10.7. The number of aliphatic hydroxyl groups excluding tert-OH is 1. The van der Waals surface area contributed by atoms with Gasteiger partial charge in [-0.25, -0.2) is 0 Å². The van der Waals surface area contributed by atoms with Crippen LogP contribution in [0.15, 0.2) is 0 Å². The molecule has 4 heteroatoms. The van der Waals surface area contributed by atoms with Gasteiger partial charge in [0.2, 0.25) is 0 Å². The maximum absolute atomic E-state index is 10.7. The Balaban J connectivity index is 2.37. The summed E-state index contributed by atoms with van der Waals surface area (Å²) in [5.41, 5.74) is 0. The maximum Gasteiger partial charge on any atom is 0.324 e. The van der Waals surface area contributed by atoms with Crippen molar-refractivity contribution in [1.82, 2.24) is 5.32 Å². The molecular weight excluding hydrogens is 134 g/mol. The number of hydrogen-bond donors (Lipinski definition) is 1. The van der Waals surface area contributed by atoms with Gasteiger partial charge in [0.1, 0.15) is 12.3 Å². The molecule has 4 nitrogen and oxygen atoms in total. The van der Waals surface area contributed by atoms with E-state index in [1.165, 1.54) is 7.11 Å². The van der Waals surface area contributed by atoms with Crippen LogP contribution in [-0.4, -0.2) is 30.5 Å². The first-order valence-corrected chi connectivity index (χ1v) is 3.20. The van der Waals surface area contributed by atoms with Gasteiger partial charge in [0.05, 0.1) is 7.11 Å². The molecule has 1 aliphatic heterocycles. The van der Waals surface area contributed by atoms with Gasteiger partial charge in [-0.3, -0.25) is 4.79 Å². The number of methoxy groups -OCH3 is 1. The van der Waals surface area contributed by atoms with Crippen LogP contribution < -0.4 is 5.32 Å². The topological polar surface area (TPSA) is 60.6 Å². The number of aliphatic hydroxyl groups is 1. The molecule has 2 atom stereocenters. The normalized spacial score (nSPS) is 32.2. The van der Waals surface area contributed by atoms with Crippen molar-refractivity contribution in [2.75, 3.05) is 7.11 Å². The summed E-state index contributed by atoms with van der Waals surface area (Å²) >= 11 is 0. The molecule has 1 saturated heterocycles. The molecular formula is C6H10NO3. The maximum atomic E-state index is 10.7. The Morgan fingerprint density at radius 3 is 2.80 bits per heavy atom. The lowest BCUT2D eigenvalue weighted by Gasteiger charge is -2.04. The van der Waals surface area contributed by atoms with Crippen LogP contribution in [0.3, 0.4) is 0 Å². The molecule has 0 spiro atoms. The van der Waals surface area contributed by atoms with Gasteiger partial charge in [0.25, 0.3) is 0 Å². The van der Waals surface area contributed by atoms with Gasteiger partial charge >= 0.3 is 5.97 Å². The highest BCUT2D eigenvalue weighted by Gasteiger charge is 2.29. The molecule has 0 saturated carbocycles. The molecule has 0 aliphatic carbocycles.